The molecule has 0 bridgehead atoms. The summed E-state index contributed by atoms with van der Waals surface area (Å²) in [6, 6.07) is 0. The van der Waals surface area contributed by atoms with Gasteiger partial charge in [0, 0.05) is 18.8 Å². The third kappa shape index (κ3) is 2.53. The molecule has 0 aromatic carbocycles. The number of esters is 1. The zero-order valence-electron chi connectivity index (χ0n) is 8.74. The number of methoxy groups -OCH3 is 1. The van der Waals surface area contributed by atoms with Crippen LogP contribution in [0.2, 0.25) is 0 Å². The van der Waals surface area contributed by atoms with Gasteiger partial charge in [0.1, 0.15) is 6.17 Å². The molecule has 1 rings (SSSR count). The number of rotatable bonds is 4. The van der Waals surface area contributed by atoms with Crippen LogP contribution in [0.3, 0.4) is 0 Å². The van der Waals surface area contributed by atoms with Gasteiger partial charge < -0.3 is 10.5 Å². The topological polar surface area (TPSA) is 70.1 Å². The molecule has 0 saturated carbocycles. The van der Waals surface area contributed by atoms with Crippen molar-refractivity contribution in [2.75, 3.05) is 13.7 Å². The zero-order chi connectivity index (χ0) is 11.4. The first-order valence-corrected chi connectivity index (χ1v) is 4.56. The van der Waals surface area contributed by atoms with Crippen molar-refractivity contribution in [3.63, 3.8) is 0 Å². The fourth-order valence-corrected chi connectivity index (χ4v) is 1.29. The van der Waals surface area contributed by atoms with Gasteiger partial charge in [-0.25, -0.2) is 9.18 Å². The maximum absolute atomic E-state index is 13.6. The van der Waals surface area contributed by atoms with E-state index in [2.05, 4.69) is 9.84 Å². The van der Waals surface area contributed by atoms with Gasteiger partial charge in [-0.3, -0.25) is 4.68 Å². The van der Waals surface area contributed by atoms with Gasteiger partial charge in [-0.1, -0.05) is 0 Å². The number of ether oxygens (including phenoxy) is 1. The molecule has 1 aromatic heterocycles. The highest BCUT2D eigenvalue weighted by Crippen LogP contribution is 2.23. The number of alkyl halides is 1. The van der Waals surface area contributed by atoms with E-state index in [1.54, 1.807) is 7.05 Å². The van der Waals surface area contributed by atoms with Crippen LogP contribution in [0.5, 0.6) is 0 Å². The number of halogens is 1. The van der Waals surface area contributed by atoms with E-state index in [1.165, 1.54) is 18.0 Å². The lowest BCUT2D eigenvalue weighted by Gasteiger charge is -2.05. The van der Waals surface area contributed by atoms with Gasteiger partial charge in [-0.15, -0.1) is 0 Å². The second kappa shape index (κ2) is 4.88. The molecule has 2 N–H and O–H groups in total. The van der Waals surface area contributed by atoms with E-state index in [0.29, 0.717) is 0 Å². The fourth-order valence-electron chi connectivity index (χ4n) is 1.29. The average molecular weight is 215 g/mol. The fraction of sp³-hybridized carbons (Fsp3) is 0.556. The summed E-state index contributed by atoms with van der Waals surface area (Å²) in [6.07, 6.45) is 0.347. The van der Waals surface area contributed by atoms with Gasteiger partial charge in [0.25, 0.3) is 0 Å². The predicted octanol–water partition coefficient (Wildman–Crippen LogP) is 0.566. The van der Waals surface area contributed by atoms with Gasteiger partial charge >= 0.3 is 5.97 Å². The van der Waals surface area contributed by atoms with Gasteiger partial charge in [0.2, 0.25) is 0 Å². The number of aromatic nitrogens is 2. The van der Waals surface area contributed by atoms with E-state index in [0.717, 1.165) is 0 Å². The van der Waals surface area contributed by atoms with Crippen LogP contribution < -0.4 is 5.73 Å². The molecular formula is C9H14FN3O2. The van der Waals surface area contributed by atoms with Gasteiger partial charge in [0.15, 0.2) is 5.69 Å². The van der Waals surface area contributed by atoms with Crippen molar-refractivity contribution in [1.29, 1.82) is 0 Å². The first kappa shape index (κ1) is 11.6. The Hall–Kier alpha value is -1.43. The average Bonchev–Trinajstić information content (AvgIpc) is 2.59. The highest BCUT2D eigenvalue weighted by molar-refractivity contribution is 5.88. The molecule has 15 heavy (non-hydrogen) atoms. The molecule has 1 unspecified atom stereocenters. The third-order valence-electron chi connectivity index (χ3n) is 1.99. The van der Waals surface area contributed by atoms with E-state index < -0.39 is 12.1 Å². The van der Waals surface area contributed by atoms with E-state index in [4.69, 9.17) is 5.73 Å². The lowest BCUT2D eigenvalue weighted by molar-refractivity contribution is 0.0589. The van der Waals surface area contributed by atoms with Gasteiger partial charge in [0.05, 0.1) is 7.11 Å². The molecule has 1 heterocycles. The Labute approximate surface area is 87.0 Å². The molecule has 5 nitrogen and oxygen atoms in total. The van der Waals surface area contributed by atoms with Crippen LogP contribution in [-0.4, -0.2) is 29.4 Å². The second-order valence-corrected chi connectivity index (χ2v) is 3.14. The number of hydrogen-bond acceptors (Lipinski definition) is 4. The summed E-state index contributed by atoms with van der Waals surface area (Å²) in [6.45, 7) is 0.219. The molecule has 1 atom stereocenters. The molecule has 1 aromatic rings. The van der Waals surface area contributed by atoms with Crippen molar-refractivity contribution >= 4 is 5.97 Å². The van der Waals surface area contributed by atoms with Gasteiger partial charge in [-0.2, -0.15) is 5.10 Å². The normalized spacial score (nSPS) is 12.5. The quantitative estimate of drug-likeness (QED) is 0.745. The Morgan fingerprint density at radius 1 is 1.80 bits per heavy atom. The van der Waals surface area contributed by atoms with Crippen LogP contribution in [0.4, 0.5) is 4.39 Å². The highest BCUT2D eigenvalue weighted by Gasteiger charge is 2.22. The van der Waals surface area contributed by atoms with Crippen molar-refractivity contribution in [3.8, 4) is 0 Å². The predicted molar refractivity (Wildman–Crippen MR) is 52.1 cm³/mol. The molecule has 84 valence electrons. The summed E-state index contributed by atoms with van der Waals surface area (Å²) in [5.74, 6) is -0.634. The molecule has 0 spiro atoms. The van der Waals surface area contributed by atoms with Gasteiger partial charge in [-0.05, 0) is 13.0 Å². The van der Waals surface area contributed by atoms with Crippen LogP contribution in [0.1, 0.15) is 28.6 Å². The minimum absolute atomic E-state index is 0.0148. The molecule has 0 aliphatic rings. The van der Waals surface area contributed by atoms with Crippen LogP contribution in [0.25, 0.3) is 0 Å². The first-order valence-electron chi connectivity index (χ1n) is 4.56. The summed E-state index contributed by atoms with van der Waals surface area (Å²) in [7, 11) is 2.85. The van der Waals surface area contributed by atoms with E-state index in [1.807, 2.05) is 0 Å². The summed E-state index contributed by atoms with van der Waals surface area (Å²) < 4.78 is 19.5. The van der Waals surface area contributed by atoms with E-state index in [9.17, 15) is 9.18 Å². The van der Waals surface area contributed by atoms with Crippen molar-refractivity contribution in [1.82, 2.24) is 9.78 Å². The molecule has 0 saturated heterocycles. The minimum Gasteiger partial charge on any atom is -0.464 e. The number of aryl methyl sites for hydroxylation is 1. The van der Waals surface area contributed by atoms with Crippen LogP contribution in [0, 0.1) is 0 Å². The van der Waals surface area contributed by atoms with Crippen LogP contribution >= 0.6 is 0 Å². The second-order valence-electron chi connectivity index (χ2n) is 3.14. The number of nitrogens with two attached hydrogens (primary N) is 1. The molecule has 0 aliphatic heterocycles. The summed E-state index contributed by atoms with van der Waals surface area (Å²) in [5, 5.41) is 3.85. The van der Waals surface area contributed by atoms with Crippen LogP contribution in [-0.2, 0) is 11.8 Å². The molecule has 0 fully saturated rings. The number of carbonyl (C=O) groups is 1. The Morgan fingerprint density at radius 2 is 2.47 bits per heavy atom. The van der Waals surface area contributed by atoms with Crippen molar-refractivity contribution in [3.05, 3.63) is 17.5 Å². The molecule has 0 aliphatic carbocycles. The highest BCUT2D eigenvalue weighted by atomic mass is 19.1. The Morgan fingerprint density at radius 3 is 3.00 bits per heavy atom. The maximum atomic E-state index is 13.6. The lowest BCUT2D eigenvalue weighted by Crippen LogP contribution is -2.09. The van der Waals surface area contributed by atoms with E-state index >= 15 is 0 Å². The summed E-state index contributed by atoms with van der Waals surface area (Å²) in [5.41, 5.74) is 5.49. The van der Waals surface area contributed by atoms with Crippen molar-refractivity contribution in [2.45, 2.75) is 12.6 Å². The Balaban J connectivity index is 3.00. The first-order chi connectivity index (χ1) is 7.10. The Bertz CT molecular complexity index is 351. The third-order valence-corrected chi connectivity index (χ3v) is 1.99. The molecule has 6 heteroatoms. The number of nitrogens with zero attached hydrogens (tertiary/aromatic N) is 2. The molecule has 0 amide bonds. The molecule has 0 radical (unpaired) electrons. The van der Waals surface area contributed by atoms with E-state index in [-0.39, 0.29) is 24.2 Å². The Kier molecular flexibility index (Phi) is 3.79. The van der Waals surface area contributed by atoms with Crippen LogP contribution in [0.15, 0.2) is 6.20 Å². The monoisotopic (exact) mass is 215 g/mol. The van der Waals surface area contributed by atoms with Crippen molar-refractivity contribution in [2.24, 2.45) is 12.8 Å². The van der Waals surface area contributed by atoms with Crippen molar-refractivity contribution < 1.29 is 13.9 Å². The SMILES string of the molecule is COC(=O)c1nn(C)cc1C(F)CCN. The zero-order valence-corrected chi connectivity index (χ0v) is 8.74. The number of carbonyl (C=O) groups excluding carboxylic acids is 1. The molecular weight excluding hydrogens is 201 g/mol. The smallest absolute Gasteiger partial charge is 0.358 e. The largest absolute Gasteiger partial charge is 0.464 e. The maximum Gasteiger partial charge on any atom is 0.358 e. The minimum atomic E-state index is -1.28. The summed E-state index contributed by atoms with van der Waals surface area (Å²) >= 11 is 0. The summed E-state index contributed by atoms with van der Waals surface area (Å²) in [4.78, 5) is 11.3. The standard InChI is InChI=1S/C9H14FN3O2/c1-13-5-6(7(10)3-4-11)8(12-13)9(14)15-2/h5,7H,3-4,11H2,1-2H3. The lowest BCUT2D eigenvalue weighted by atomic mass is 10.1. The number of hydrogen-bond donors (Lipinski definition) is 1.